The van der Waals surface area contributed by atoms with Gasteiger partial charge in [-0.15, -0.1) is 5.06 Å². The lowest BCUT2D eigenvalue weighted by molar-refractivity contribution is -0.413. The molecule has 0 radical (unpaired) electrons. The highest BCUT2D eigenvalue weighted by Crippen LogP contribution is 2.45. The van der Waals surface area contributed by atoms with Crippen LogP contribution in [0.25, 0.3) is 0 Å². The summed E-state index contributed by atoms with van der Waals surface area (Å²) in [5, 5.41) is 54.0. The molecule has 0 amide bonds. The number of ether oxygens (including phenoxy) is 1. The molecule has 32 heavy (non-hydrogen) atoms. The fourth-order valence-electron chi connectivity index (χ4n) is 3.71. The third-order valence-corrected chi connectivity index (χ3v) is 5.69. The first-order valence-corrected chi connectivity index (χ1v) is 9.88. The number of aliphatic hydroxyl groups is 4. The van der Waals surface area contributed by atoms with Gasteiger partial charge in [-0.1, -0.05) is 36.8 Å². The third kappa shape index (κ3) is 3.69. The van der Waals surface area contributed by atoms with Gasteiger partial charge < -0.3 is 36.1 Å². The Balaban J connectivity index is 2.16. The fourth-order valence-corrected chi connectivity index (χ4v) is 3.71. The minimum atomic E-state index is -3.19. The molecule has 7 N–H and O–H groups in total. The van der Waals surface area contributed by atoms with Gasteiger partial charge in [0.15, 0.2) is 0 Å². The molecule has 1 unspecified atom stereocenters. The highest BCUT2D eigenvalue weighted by molar-refractivity contribution is 5.42. The number of benzene rings is 1. The topological polar surface area (TPSA) is 175 Å². The summed E-state index contributed by atoms with van der Waals surface area (Å²) in [6.45, 7) is 1.14. The van der Waals surface area contributed by atoms with Gasteiger partial charge in [-0.05, 0) is 12.5 Å². The molecule has 11 nitrogen and oxygen atoms in total. The van der Waals surface area contributed by atoms with Gasteiger partial charge in [0.2, 0.25) is 5.72 Å². The standard InChI is InChI=1S/C20H27FN4O7/c1-11-3-5-13(6-4-11)9-24(31)19(29)16(27)15(10-26)32-20(19,30)25-17(22)14(12(2)7-21)8-23-18(25)28/h3-6,8,12,15-16,26-27,29-31H,7,9-10,22H2,1-2H3/t12?,15-,16-,19-,20-/m1/s1. The van der Waals surface area contributed by atoms with Crippen LogP contribution in [0.4, 0.5) is 10.2 Å². The number of nitrogen functional groups attached to an aromatic ring is 1. The summed E-state index contributed by atoms with van der Waals surface area (Å²) in [7, 11) is 0. The number of hydrogen-bond acceptors (Lipinski definition) is 10. The van der Waals surface area contributed by atoms with E-state index in [0.29, 0.717) is 10.1 Å². The van der Waals surface area contributed by atoms with Crippen LogP contribution in [0.5, 0.6) is 0 Å². The van der Waals surface area contributed by atoms with Gasteiger partial charge in [-0.25, -0.2) is 14.3 Å². The van der Waals surface area contributed by atoms with Crippen molar-refractivity contribution in [1.82, 2.24) is 14.6 Å². The zero-order chi connectivity index (χ0) is 23.8. The molecule has 3 rings (SSSR count). The van der Waals surface area contributed by atoms with Crippen molar-refractivity contribution in [2.75, 3.05) is 19.0 Å². The number of alkyl halides is 1. The molecule has 5 atom stereocenters. The maximum atomic E-state index is 13.3. The molecular weight excluding hydrogens is 427 g/mol. The van der Waals surface area contributed by atoms with Crippen LogP contribution in [-0.2, 0) is 17.2 Å². The van der Waals surface area contributed by atoms with Crippen LogP contribution < -0.4 is 11.4 Å². The molecule has 1 saturated heterocycles. The Morgan fingerprint density at radius 3 is 2.53 bits per heavy atom. The highest BCUT2D eigenvalue weighted by atomic mass is 19.1. The maximum absolute atomic E-state index is 13.3. The van der Waals surface area contributed by atoms with Crippen molar-refractivity contribution in [3.8, 4) is 0 Å². The molecule has 1 fully saturated rings. The molecule has 2 aromatic rings. The van der Waals surface area contributed by atoms with E-state index in [4.69, 9.17) is 10.5 Å². The number of aryl methyl sites for hydroxylation is 1. The Morgan fingerprint density at radius 2 is 1.97 bits per heavy atom. The first-order chi connectivity index (χ1) is 15.0. The predicted octanol–water partition coefficient (Wildman–Crippen LogP) is -0.858. The predicted molar refractivity (Wildman–Crippen MR) is 109 cm³/mol. The Labute approximate surface area is 182 Å². The minimum Gasteiger partial charge on any atom is -0.394 e. The van der Waals surface area contributed by atoms with E-state index >= 15 is 0 Å². The number of hydroxylamine groups is 2. The minimum absolute atomic E-state index is 0.0245. The summed E-state index contributed by atoms with van der Waals surface area (Å²) in [5.41, 5.74) is 3.16. The van der Waals surface area contributed by atoms with Crippen LogP contribution in [0.2, 0.25) is 0 Å². The number of nitrogens with zero attached hydrogens (tertiary/aromatic N) is 3. The van der Waals surface area contributed by atoms with Crippen LogP contribution >= 0.6 is 0 Å². The van der Waals surface area contributed by atoms with Gasteiger partial charge in [0.05, 0.1) is 19.8 Å². The second kappa shape index (κ2) is 8.83. The number of nitrogens with two attached hydrogens (primary N) is 1. The lowest BCUT2D eigenvalue weighted by Gasteiger charge is -2.42. The number of anilines is 1. The van der Waals surface area contributed by atoms with E-state index in [1.807, 2.05) is 6.92 Å². The number of hydrogen-bond donors (Lipinski definition) is 6. The average molecular weight is 454 g/mol. The van der Waals surface area contributed by atoms with Crippen molar-refractivity contribution in [2.24, 2.45) is 0 Å². The Bertz CT molecular complexity index is 1020. The number of aliphatic hydroxyl groups excluding tert-OH is 2. The summed E-state index contributed by atoms with van der Waals surface area (Å²) in [5.74, 6) is -4.52. The molecule has 0 bridgehead atoms. The summed E-state index contributed by atoms with van der Waals surface area (Å²) < 4.78 is 18.9. The van der Waals surface area contributed by atoms with Crippen LogP contribution in [0, 0.1) is 6.92 Å². The maximum Gasteiger partial charge on any atom is 0.353 e. The normalized spacial score (nSPS) is 28.9. The van der Waals surface area contributed by atoms with E-state index in [1.54, 1.807) is 24.3 Å². The van der Waals surface area contributed by atoms with Crippen molar-refractivity contribution in [3.05, 3.63) is 57.6 Å². The Hall–Kier alpha value is -2.45. The van der Waals surface area contributed by atoms with Crippen LogP contribution in [0.1, 0.15) is 29.5 Å². The first kappa shape index (κ1) is 24.2. The van der Waals surface area contributed by atoms with Crippen LogP contribution in [0.3, 0.4) is 0 Å². The van der Waals surface area contributed by atoms with Gasteiger partial charge in [-0.3, -0.25) is 4.39 Å². The van der Waals surface area contributed by atoms with Gasteiger partial charge >= 0.3 is 11.6 Å². The molecule has 176 valence electrons. The average Bonchev–Trinajstić information content (AvgIpc) is 2.96. The Morgan fingerprint density at radius 1 is 1.34 bits per heavy atom. The summed E-state index contributed by atoms with van der Waals surface area (Å²) in [6.07, 6.45) is -2.69. The van der Waals surface area contributed by atoms with Crippen molar-refractivity contribution < 1.29 is 34.8 Å². The molecule has 0 saturated carbocycles. The lowest BCUT2D eigenvalue weighted by atomic mass is 9.99. The number of aromatic nitrogens is 2. The molecule has 12 heteroatoms. The van der Waals surface area contributed by atoms with E-state index in [0.717, 1.165) is 11.8 Å². The largest absolute Gasteiger partial charge is 0.394 e. The van der Waals surface area contributed by atoms with Crippen LogP contribution in [-0.4, -0.2) is 71.5 Å². The van der Waals surface area contributed by atoms with E-state index in [2.05, 4.69) is 4.98 Å². The van der Waals surface area contributed by atoms with Gasteiger partial charge in [0.1, 0.15) is 18.0 Å². The number of rotatable bonds is 7. The van der Waals surface area contributed by atoms with E-state index in [1.165, 1.54) is 6.92 Å². The van der Waals surface area contributed by atoms with Gasteiger partial charge in [0.25, 0.3) is 0 Å². The second-order valence-electron chi connectivity index (χ2n) is 7.93. The third-order valence-electron chi connectivity index (χ3n) is 5.69. The Kier molecular flexibility index (Phi) is 6.67. The van der Waals surface area contributed by atoms with Crippen LogP contribution in [0.15, 0.2) is 35.3 Å². The smallest absolute Gasteiger partial charge is 0.353 e. The van der Waals surface area contributed by atoms with Crippen molar-refractivity contribution >= 4 is 5.82 Å². The van der Waals surface area contributed by atoms with E-state index in [9.17, 15) is 34.8 Å². The quantitative estimate of drug-likeness (QED) is 0.228. The first-order valence-electron chi connectivity index (χ1n) is 9.88. The fraction of sp³-hybridized carbons (Fsp3) is 0.500. The van der Waals surface area contributed by atoms with Crippen molar-refractivity contribution in [1.29, 1.82) is 0 Å². The molecular formula is C20H27FN4O7. The van der Waals surface area contributed by atoms with Gasteiger partial charge in [-0.2, -0.15) is 0 Å². The zero-order valence-corrected chi connectivity index (χ0v) is 17.6. The molecule has 1 aromatic heterocycles. The molecule has 1 aliphatic rings. The SMILES string of the molecule is Cc1ccc(CN(O)[C@@]2(O)[C@H](O)[C@@H](CO)O[C@@]2(O)n2c(N)c(C(C)CF)cnc2=O)cc1. The number of halogens is 1. The van der Waals surface area contributed by atoms with E-state index in [-0.39, 0.29) is 10.6 Å². The van der Waals surface area contributed by atoms with Gasteiger partial charge in [0, 0.05) is 17.7 Å². The molecule has 0 spiro atoms. The summed E-state index contributed by atoms with van der Waals surface area (Å²) in [4.78, 5) is 16.1. The molecule has 0 aliphatic carbocycles. The monoisotopic (exact) mass is 454 g/mol. The highest BCUT2D eigenvalue weighted by Gasteiger charge is 2.70. The van der Waals surface area contributed by atoms with Crippen molar-refractivity contribution in [3.63, 3.8) is 0 Å². The molecule has 1 aromatic carbocycles. The second-order valence-corrected chi connectivity index (χ2v) is 7.93. The lowest BCUT2D eigenvalue weighted by Crippen LogP contribution is -2.68. The van der Waals surface area contributed by atoms with E-state index < -0.39 is 61.1 Å². The zero-order valence-electron chi connectivity index (χ0n) is 17.6. The van der Waals surface area contributed by atoms with Crippen molar-refractivity contribution in [2.45, 2.75) is 50.2 Å². The molecule has 1 aliphatic heterocycles. The molecule has 2 heterocycles. The summed E-state index contributed by atoms with van der Waals surface area (Å²) in [6, 6.07) is 6.76. The summed E-state index contributed by atoms with van der Waals surface area (Å²) >= 11 is 0.